The molecule has 0 heterocycles. The molecular weight excluding hydrogens is 871 g/mol. The molecule has 3 amide bonds. The number of amides is 3. The molecule has 14 heteroatoms. The number of hydrogen-bond acceptors (Lipinski definition) is 9. The van der Waals surface area contributed by atoms with Gasteiger partial charge in [-0.25, -0.2) is 4.79 Å². The molecule has 3 atom stereocenters. The molecule has 0 aromatic heterocycles. The summed E-state index contributed by atoms with van der Waals surface area (Å²) >= 11 is 0. The number of nitrogens with one attached hydrogen (secondary N) is 3. The van der Waals surface area contributed by atoms with Gasteiger partial charge in [0, 0.05) is 24.1 Å². The van der Waals surface area contributed by atoms with Gasteiger partial charge in [-0.1, -0.05) is 135 Å². The second-order valence-electron chi connectivity index (χ2n) is 17.4. The van der Waals surface area contributed by atoms with Gasteiger partial charge in [-0.3, -0.25) is 19.4 Å². The summed E-state index contributed by atoms with van der Waals surface area (Å²) in [6.45, 7) is 4.98. The molecule has 0 unspecified atom stereocenters. The molecular formula is C55H65N7O7. The van der Waals surface area contributed by atoms with Crippen LogP contribution in [0.4, 0.5) is 0 Å². The highest BCUT2D eigenvalue weighted by atomic mass is 16.5. The first-order valence-corrected chi connectivity index (χ1v) is 23.7. The molecule has 0 spiro atoms. The van der Waals surface area contributed by atoms with Crippen molar-refractivity contribution >= 4 is 51.2 Å². The topological polar surface area (TPSA) is 222 Å². The lowest BCUT2D eigenvalue weighted by molar-refractivity contribution is -0.149. The van der Waals surface area contributed by atoms with Gasteiger partial charge < -0.3 is 47.4 Å². The summed E-state index contributed by atoms with van der Waals surface area (Å²) < 4.78 is 18.6. The van der Waals surface area contributed by atoms with Gasteiger partial charge in [0.2, 0.25) is 11.8 Å². The number of ether oxygens (including phenoxy) is 3. The number of carbonyl (C=O) groups excluding carboxylic acids is 4. The fourth-order valence-electron chi connectivity index (χ4n) is 7.99. The highest BCUT2D eigenvalue weighted by Crippen LogP contribution is 2.45. The van der Waals surface area contributed by atoms with Crippen molar-refractivity contribution in [2.75, 3.05) is 26.3 Å². The Morgan fingerprint density at radius 3 is 1.71 bits per heavy atom. The predicted molar refractivity (Wildman–Crippen MR) is 272 cm³/mol. The monoisotopic (exact) mass is 935 g/mol. The third-order valence-electron chi connectivity index (χ3n) is 11.6. The average Bonchev–Trinajstić information content (AvgIpc) is 3.35. The van der Waals surface area contributed by atoms with Crippen molar-refractivity contribution in [3.63, 3.8) is 0 Å². The van der Waals surface area contributed by atoms with E-state index in [1.54, 1.807) is 0 Å². The summed E-state index contributed by atoms with van der Waals surface area (Å²) in [5.41, 5.74) is 20.2. The van der Waals surface area contributed by atoms with E-state index in [9.17, 15) is 19.2 Å². The molecule has 6 aromatic rings. The molecule has 6 rings (SSSR count). The van der Waals surface area contributed by atoms with Crippen molar-refractivity contribution in [2.45, 2.75) is 83.5 Å². The molecule has 0 aliphatic rings. The molecule has 14 nitrogen and oxygen atoms in total. The number of fused-ring (bicyclic) bond motifs is 2. The number of unbranched alkanes of at least 4 members (excludes halogenated alkanes) is 1. The first-order valence-electron chi connectivity index (χ1n) is 23.7. The van der Waals surface area contributed by atoms with E-state index >= 15 is 0 Å². The van der Waals surface area contributed by atoms with Gasteiger partial charge >= 0.3 is 5.97 Å². The van der Waals surface area contributed by atoms with Crippen LogP contribution in [0.25, 0.3) is 32.7 Å². The van der Waals surface area contributed by atoms with E-state index < -0.39 is 48.4 Å². The second-order valence-corrected chi connectivity index (χ2v) is 17.4. The van der Waals surface area contributed by atoms with E-state index in [4.69, 9.17) is 31.4 Å². The van der Waals surface area contributed by atoms with Crippen LogP contribution in [0.1, 0.15) is 63.5 Å². The van der Waals surface area contributed by atoms with Gasteiger partial charge in [-0.05, 0) is 95.8 Å². The molecule has 0 saturated carbocycles. The first-order chi connectivity index (χ1) is 33.5. The Morgan fingerprint density at radius 1 is 0.580 bits per heavy atom. The van der Waals surface area contributed by atoms with Crippen LogP contribution < -0.4 is 42.6 Å². The number of benzene rings is 6. The van der Waals surface area contributed by atoms with Gasteiger partial charge in [0.1, 0.15) is 36.2 Å². The van der Waals surface area contributed by atoms with E-state index in [0.29, 0.717) is 49.8 Å². The van der Waals surface area contributed by atoms with Crippen LogP contribution in [0.3, 0.4) is 0 Å². The Hall–Kier alpha value is -7.45. The third-order valence-corrected chi connectivity index (χ3v) is 11.6. The van der Waals surface area contributed by atoms with Gasteiger partial charge in [0.25, 0.3) is 5.91 Å². The summed E-state index contributed by atoms with van der Waals surface area (Å²) in [7, 11) is 0. The van der Waals surface area contributed by atoms with E-state index in [-0.39, 0.29) is 38.4 Å². The predicted octanol–water partition coefficient (Wildman–Crippen LogP) is 7.09. The van der Waals surface area contributed by atoms with Crippen LogP contribution in [0.2, 0.25) is 0 Å². The van der Waals surface area contributed by atoms with Crippen LogP contribution in [-0.4, -0.2) is 74.1 Å². The minimum absolute atomic E-state index is 0.00659. The molecule has 0 radical (unpaired) electrons. The van der Waals surface area contributed by atoms with Crippen molar-refractivity contribution < 1.29 is 33.4 Å². The summed E-state index contributed by atoms with van der Waals surface area (Å²) in [5.74, 6) is -0.916. The van der Waals surface area contributed by atoms with Crippen molar-refractivity contribution in [2.24, 2.45) is 28.1 Å². The Morgan fingerprint density at radius 2 is 1.12 bits per heavy atom. The number of rotatable bonds is 26. The molecule has 0 bridgehead atoms. The van der Waals surface area contributed by atoms with Gasteiger partial charge in [-0.15, -0.1) is 0 Å². The van der Waals surface area contributed by atoms with Crippen molar-refractivity contribution in [1.29, 1.82) is 0 Å². The van der Waals surface area contributed by atoms with Crippen molar-refractivity contribution in [3.05, 3.63) is 145 Å². The largest absolute Gasteiger partial charge is 0.493 e. The Labute approximate surface area is 404 Å². The van der Waals surface area contributed by atoms with E-state index in [1.807, 2.05) is 127 Å². The molecule has 69 heavy (non-hydrogen) atoms. The highest BCUT2D eigenvalue weighted by molar-refractivity contribution is 6.10. The molecule has 0 aliphatic heterocycles. The van der Waals surface area contributed by atoms with Crippen LogP contribution in [-0.2, 0) is 36.9 Å². The second kappa shape index (κ2) is 26.2. The van der Waals surface area contributed by atoms with Crippen LogP contribution in [0.15, 0.2) is 138 Å². The lowest BCUT2D eigenvalue weighted by Crippen LogP contribution is -2.56. The standard InChI is InChI=1S/C55H65N7O7/c1-37(2)30-33-67-47-28-26-40-20-9-11-22-42(40)50(47)51-43-23-12-10-21-41(43)27-29-48(51)68-36-49(63)60-44(24-13-14-31-56)52(64)61-45(25-15-32-59-55(57)58)53(65)62-46(34-38-16-5-3-6-17-38)54(66)69-35-39-18-7-4-8-19-39/h3-12,16-23,26-29,37,44-46H,13-15,24-25,30-36,56H2,1-2H3,(H,60,63)(H,61,64)(H,62,65)(H4,57,58,59)/t44-,45-,46+/m1/s1. The van der Waals surface area contributed by atoms with Crippen LogP contribution in [0, 0.1) is 5.92 Å². The number of guanidine groups is 1. The summed E-state index contributed by atoms with van der Waals surface area (Å²) in [5, 5.41) is 12.5. The lowest BCUT2D eigenvalue weighted by atomic mass is 9.92. The number of esters is 1. The number of hydrogen-bond donors (Lipinski definition) is 6. The number of carbonyl (C=O) groups is 4. The fourth-order valence-corrected chi connectivity index (χ4v) is 7.99. The number of nitrogens with two attached hydrogens (primary N) is 3. The van der Waals surface area contributed by atoms with E-state index in [2.05, 4.69) is 40.9 Å². The molecule has 6 aromatic carbocycles. The zero-order valence-corrected chi connectivity index (χ0v) is 39.5. The summed E-state index contributed by atoms with van der Waals surface area (Å²) in [4.78, 5) is 60.2. The van der Waals surface area contributed by atoms with Gasteiger partial charge in [-0.2, -0.15) is 0 Å². The normalized spacial score (nSPS) is 12.4. The third kappa shape index (κ3) is 15.3. The van der Waals surface area contributed by atoms with Gasteiger partial charge in [0.05, 0.1) is 6.61 Å². The smallest absolute Gasteiger partial charge is 0.329 e. The molecule has 0 aliphatic carbocycles. The Kier molecular flexibility index (Phi) is 19.3. The maximum absolute atomic E-state index is 14.3. The molecule has 0 saturated heterocycles. The molecule has 362 valence electrons. The van der Waals surface area contributed by atoms with E-state index in [1.165, 1.54) is 0 Å². The first kappa shape index (κ1) is 51.0. The van der Waals surface area contributed by atoms with Crippen LogP contribution >= 0.6 is 0 Å². The summed E-state index contributed by atoms with van der Waals surface area (Å²) in [6.07, 6.45) is 2.77. The van der Waals surface area contributed by atoms with E-state index in [0.717, 1.165) is 50.2 Å². The Balaban J connectivity index is 1.23. The maximum atomic E-state index is 14.3. The summed E-state index contributed by atoms with van der Waals surface area (Å²) in [6, 6.07) is 39.1. The highest BCUT2D eigenvalue weighted by Gasteiger charge is 2.31. The average molecular weight is 936 g/mol. The molecule has 0 fully saturated rings. The van der Waals surface area contributed by atoms with Crippen molar-refractivity contribution in [1.82, 2.24) is 16.0 Å². The SMILES string of the molecule is CC(C)CCOc1ccc2ccccc2c1-c1c(OCC(=O)N[C@H](CCCCN)C(=O)N[C@H](CCCN=C(N)N)C(=O)N[C@@H](Cc2ccccc2)C(=O)OCc2ccccc2)ccc2ccccc12. The minimum atomic E-state index is -1.14. The van der Waals surface area contributed by atoms with Gasteiger partial charge in [0.15, 0.2) is 12.6 Å². The maximum Gasteiger partial charge on any atom is 0.329 e. The van der Waals surface area contributed by atoms with Crippen molar-refractivity contribution in [3.8, 4) is 22.6 Å². The Bertz CT molecular complexity index is 2660. The molecule has 9 N–H and O–H groups in total. The quantitative estimate of drug-likeness (QED) is 0.0140. The van der Waals surface area contributed by atoms with Crippen LogP contribution in [0.5, 0.6) is 11.5 Å². The lowest BCUT2D eigenvalue weighted by Gasteiger charge is -2.25. The fraction of sp³-hybridized carbons (Fsp3) is 0.327. The number of aliphatic imine (C=N–C) groups is 1. The minimum Gasteiger partial charge on any atom is -0.493 e. The zero-order valence-electron chi connectivity index (χ0n) is 39.5. The number of nitrogens with zero attached hydrogens (tertiary/aromatic N) is 1. The zero-order chi connectivity index (χ0) is 49.0.